The number of halogens is 3. The van der Waals surface area contributed by atoms with Gasteiger partial charge >= 0.3 is 6.18 Å². The van der Waals surface area contributed by atoms with Gasteiger partial charge in [0.15, 0.2) is 6.10 Å². The van der Waals surface area contributed by atoms with Crippen LogP contribution in [-0.4, -0.2) is 27.5 Å². The molecule has 0 saturated heterocycles. The summed E-state index contributed by atoms with van der Waals surface area (Å²) in [5.41, 5.74) is 1.56. The Hall–Kier alpha value is -1.89. The van der Waals surface area contributed by atoms with Crippen molar-refractivity contribution in [2.24, 2.45) is 0 Å². The Labute approximate surface area is 106 Å². The van der Waals surface area contributed by atoms with Gasteiger partial charge in [0.1, 0.15) is 0 Å². The van der Waals surface area contributed by atoms with Crippen molar-refractivity contribution < 1.29 is 22.8 Å². The van der Waals surface area contributed by atoms with E-state index >= 15 is 0 Å². The third kappa shape index (κ3) is 3.11. The monoisotopic (exact) mass is 272 g/mol. The smallest absolute Gasteiger partial charge is 0.383 e. The van der Waals surface area contributed by atoms with Crippen molar-refractivity contribution >= 4 is 0 Å². The number of rotatable bonds is 3. The van der Waals surface area contributed by atoms with Gasteiger partial charge in [-0.3, -0.25) is 0 Å². The number of nitrogens with zero attached hydrogens (tertiary/aromatic N) is 2. The molecule has 2 rings (SSSR count). The van der Waals surface area contributed by atoms with Gasteiger partial charge < -0.3 is 9.63 Å². The van der Waals surface area contributed by atoms with E-state index < -0.39 is 18.7 Å². The topological polar surface area (TPSA) is 59.2 Å². The molecule has 0 aliphatic rings. The maximum Gasteiger partial charge on any atom is 0.414 e. The molecule has 0 spiro atoms. The first kappa shape index (κ1) is 13.5. The lowest BCUT2D eigenvalue weighted by Crippen LogP contribution is -2.30. The lowest BCUT2D eigenvalue weighted by atomic mass is 10.1. The fourth-order valence-corrected chi connectivity index (χ4v) is 1.55. The molecule has 2 aromatic rings. The van der Waals surface area contributed by atoms with Gasteiger partial charge in [0, 0.05) is 5.56 Å². The predicted molar refractivity (Wildman–Crippen MR) is 60.2 cm³/mol. The molecule has 1 unspecified atom stereocenters. The van der Waals surface area contributed by atoms with Crippen LogP contribution in [0.25, 0.3) is 11.4 Å². The zero-order chi connectivity index (χ0) is 14.0. The third-order valence-electron chi connectivity index (χ3n) is 2.60. The summed E-state index contributed by atoms with van der Waals surface area (Å²) in [7, 11) is 0. The number of alkyl halides is 3. The van der Waals surface area contributed by atoms with Crippen molar-refractivity contribution in [3.63, 3.8) is 0 Å². The molecule has 7 heteroatoms. The number of aromatic nitrogens is 2. The maximum absolute atomic E-state index is 12.2. The van der Waals surface area contributed by atoms with Crippen LogP contribution < -0.4 is 0 Å². The van der Waals surface area contributed by atoms with Gasteiger partial charge in [-0.05, 0) is 12.5 Å². The van der Waals surface area contributed by atoms with Gasteiger partial charge in [0.25, 0.3) is 0 Å². The molecule has 1 N–H and O–H groups in total. The molecule has 0 radical (unpaired) electrons. The van der Waals surface area contributed by atoms with Crippen LogP contribution in [0.15, 0.2) is 28.8 Å². The summed E-state index contributed by atoms with van der Waals surface area (Å²) < 4.78 is 41.3. The number of hydrogen-bond donors (Lipinski definition) is 1. The molecule has 102 valence electrons. The van der Waals surface area contributed by atoms with Gasteiger partial charge in [0.05, 0.1) is 6.42 Å². The van der Waals surface area contributed by atoms with Crippen LogP contribution in [0.1, 0.15) is 11.5 Å². The minimum absolute atomic E-state index is 0.211. The van der Waals surface area contributed by atoms with Gasteiger partial charge in [-0.15, -0.1) is 0 Å². The molecule has 1 aromatic carbocycles. The molecule has 0 aliphatic carbocycles. The van der Waals surface area contributed by atoms with Gasteiger partial charge in [-0.25, -0.2) is 0 Å². The summed E-state index contributed by atoms with van der Waals surface area (Å²) in [5.74, 6) is -0.0365. The Morgan fingerprint density at radius 2 is 2.00 bits per heavy atom. The van der Waals surface area contributed by atoms with Crippen molar-refractivity contribution in [2.75, 3.05) is 0 Å². The SMILES string of the molecule is Cc1ccccc1-c1noc(CC(O)C(F)(F)F)n1. The number of aliphatic hydroxyl groups excluding tert-OH is 1. The van der Waals surface area contributed by atoms with E-state index in [-0.39, 0.29) is 11.7 Å². The predicted octanol–water partition coefficient (Wildman–Crippen LogP) is 2.51. The van der Waals surface area contributed by atoms with Crippen LogP contribution in [0.5, 0.6) is 0 Å². The second kappa shape index (κ2) is 5.00. The Balaban J connectivity index is 2.19. The highest BCUT2D eigenvalue weighted by Gasteiger charge is 2.39. The minimum Gasteiger partial charge on any atom is -0.383 e. The normalized spacial score (nSPS) is 13.5. The third-order valence-corrected chi connectivity index (χ3v) is 2.60. The molecular formula is C12H11F3N2O2. The molecule has 0 saturated carbocycles. The van der Waals surface area contributed by atoms with Crippen LogP contribution in [0, 0.1) is 6.92 Å². The van der Waals surface area contributed by atoms with E-state index in [0.29, 0.717) is 5.56 Å². The van der Waals surface area contributed by atoms with Crippen molar-refractivity contribution in [1.82, 2.24) is 10.1 Å². The van der Waals surface area contributed by atoms with Gasteiger partial charge in [0.2, 0.25) is 11.7 Å². The van der Waals surface area contributed by atoms with Crippen LogP contribution in [0.2, 0.25) is 0 Å². The van der Waals surface area contributed by atoms with Gasteiger partial charge in [-0.2, -0.15) is 18.2 Å². The molecule has 1 aromatic heterocycles. The highest BCUT2D eigenvalue weighted by atomic mass is 19.4. The van der Waals surface area contributed by atoms with Crippen molar-refractivity contribution in [3.05, 3.63) is 35.7 Å². The number of aryl methyl sites for hydroxylation is 1. The molecule has 0 aliphatic heterocycles. The maximum atomic E-state index is 12.2. The zero-order valence-electron chi connectivity index (χ0n) is 9.98. The molecule has 1 atom stereocenters. The lowest BCUT2D eigenvalue weighted by molar-refractivity contribution is -0.204. The van der Waals surface area contributed by atoms with Gasteiger partial charge in [-0.1, -0.05) is 29.4 Å². The van der Waals surface area contributed by atoms with E-state index in [4.69, 9.17) is 9.63 Å². The first-order chi connectivity index (χ1) is 8.88. The molecule has 0 amide bonds. The summed E-state index contributed by atoms with van der Waals surface area (Å²) in [6.45, 7) is 1.83. The first-order valence-electron chi connectivity index (χ1n) is 5.51. The van der Waals surface area contributed by atoms with Crippen molar-refractivity contribution in [3.8, 4) is 11.4 Å². The van der Waals surface area contributed by atoms with Crippen LogP contribution in [0.4, 0.5) is 13.2 Å². The number of aliphatic hydroxyl groups is 1. The van der Waals surface area contributed by atoms with E-state index in [1.165, 1.54) is 0 Å². The van der Waals surface area contributed by atoms with Crippen molar-refractivity contribution in [1.29, 1.82) is 0 Å². The van der Waals surface area contributed by atoms with Crippen LogP contribution >= 0.6 is 0 Å². The standard InChI is InChI=1S/C12H11F3N2O2/c1-7-4-2-3-5-8(7)11-16-10(19-17-11)6-9(18)12(13,14)15/h2-5,9,18H,6H2,1H3. The molecule has 0 bridgehead atoms. The summed E-state index contributed by atoms with van der Waals surface area (Å²) in [5, 5.41) is 12.5. The highest BCUT2D eigenvalue weighted by molar-refractivity contribution is 5.58. The Bertz CT molecular complexity index is 566. The molecule has 19 heavy (non-hydrogen) atoms. The van der Waals surface area contributed by atoms with Crippen molar-refractivity contribution in [2.45, 2.75) is 25.6 Å². The molecular weight excluding hydrogens is 261 g/mol. The van der Waals surface area contributed by atoms with E-state index in [1.807, 2.05) is 19.1 Å². The molecule has 0 fully saturated rings. The quantitative estimate of drug-likeness (QED) is 0.932. The average molecular weight is 272 g/mol. The largest absolute Gasteiger partial charge is 0.414 e. The summed E-state index contributed by atoms with van der Waals surface area (Å²) in [4.78, 5) is 3.86. The first-order valence-corrected chi connectivity index (χ1v) is 5.51. The van der Waals surface area contributed by atoms with E-state index in [2.05, 4.69) is 10.1 Å². The van der Waals surface area contributed by atoms with E-state index in [1.54, 1.807) is 12.1 Å². The summed E-state index contributed by atoms with van der Waals surface area (Å²) in [6, 6.07) is 7.16. The summed E-state index contributed by atoms with van der Waals surface area (Å²) in [6.07, 6.45) is -7.95. The Kier molecular flexibility index (Phi) is 3.57. The van der Waals surface area contributed by atoms with E-state index in [0.717, 1.165) is 5.56 Å². The number of hydrogen-bond acceptors (Lipinski definition) is 4. The molecule has 1 heterocycles. The fraction of sp³-hybridized carbons (Fsp3) is 0.333. The summed E-state index contributed by atoms with van der Waals surface area (Å²) >= 11 is 0. The zero-order valence-corrected chi connectivity index (χ0v) is 9.98. The number of benzene rings is 1. The highest BCUT2D eigenvalue weighted by Crippen LogP contribution is 2.24. The molecule has 4 nitrogen and oxygen atoms in total. The van der Waals surface area contributed by atoms with Crippen LogP contribution in [-0.2, 0) is 6.42 Å². The second-order valence-corrected chi connectivity index (χ2v) is 4.09. The van der Waals surface area contributed by atoms with Crippen LogP contribution in [0.3, 0.4) is 0 Å². The Morgan fingerprint density at radius 3 is 2.63 bits per heavy atom. The van der Waals surface area contributed by atoms with E-state index in [9.17, 15) is 13.2 Å². The Morgan fingerprint density at radius 1 is 1.32 bits per heavy atom. The minimum atomic E-state index is -4.70. The lowest BCUT2D eigenvalue weighted by Gasteiger charge is -2.11. The average Bonchev–Trinajstić information content (AvgIpc) is 2.76. The fourth-order valence-electron chi connectivity index (χ4n) is 1.55. The second-order valence-electron chi connectivity index (χ2n) is 4.09.